The molecule has 0 radical (unpaired) electrons. The van der Waals surface area contributed by atoms with Gasteiger partial charge in [0.1, 0.15) is 0 Å². The van der Waals surface area contributed by atoms with Gasteiger partial charge >= 0.3 is 0 Å². The Hall–Kier alpha value is 0.200. The van der Waals surface area contributed by atoms with E-state index in [1.807, 2.05) is 18.2 Å². The Morgan fingerprint density at radius 3 is 2.87 bits per heavy atom. The molecule has 0 aromatic heterocycles. The third kappa shape index (κ3) is 3.61. The lowest BCUT2D eigenvalue weighted by Gasteiger charge is -2.15. The van der Waals surface area contributed by atoms with Crippen LogP contribution in [0.5, 0.6) is 0 Å². The second-order valence-electron chi connectivity index (χ2n) is 3.97. The van der Waals surface area contributed by atoms with E-state index in [0.29, 0.717) is 0 Å². The number of hydrogen-bond donors (Lipinski definition) is 0. The average Bonchev–Trinajstić information content (AvgIpc) is 3.03. The molecule has 1 fully saturated rings. The topological polar surface area (TPSA) is 9.23 Å². The quantitative estimate of drug-likeness (QED) is 0.577. The van der Waals surface area contributed by atoms with Crippen LogP contribution in [0.15, 0.2) is 24.3 Å². The summed E-state index contributed by atoms with van der Waals surface area (Å²) in [7, 11) is 0. The molecule has 1 aromatic rings. The molecule has 82 valence electrons. The van der Waals surface area contributed by atoms with Crippen LogP contribution in [0.4, 0.5) is 0 Å². The molecule has 2 rings (SSSR count). The molecular weight excluding hydrogens is 322 g/mol. The highest BCUT2D eigenvalue weighted by molar-refractivity contribution is 14.1. The third-order valence-corrected chi connectivity index (χ3v) is 3.63. The van der Waals surface area contributed by atoms with Crippen LogP contribution >= 0.6 is 34.2 Å². The molecule has 1 nitrogen and oxygen atoms in total. The van der Waals surface area contributed by atoms with Crippen LogP contribution < -0.4 is 0 Å². The van der Waals surface area contributed by atoms with Crippen molar-refractivity contribution < 1.29 is 4.74 Å². The predicted molar refractivity (Wildman–Crippen MR) is 71.8 cm³/mol. The molecule has 0 spiro atoms. The van der Waals surface area contributed by atoms with Crippen LogP contribution in [0.2, 0.25) is 5.02 Å². The minimum absolute atomic E-state index is 0.199. The normalized spacial score (nSPS) is 17.7. The lowest BCUT2D eigenvalue weighted by Crippen LogP contribution is -2.07. The first kappa shape index (κ1) is 11.7. The second kappa shape index (κ2) is 5.51. The minimum Gasteiger partial charge on any atom is -0.372 e. The monoisotopic (exact) mass is 336 g/mol. The fourth-order valence-corrected chi connectivity index (χ4v) is 2.43. The Bertz CT molecular complexity index is 325. The number of alkyl halides is 1. The summed E-state index contributed by atoms with van der Waals surface area (Å²) in [5.41, 5.74) is 1.19. The number of hydrogen-bond acceptors (Lipinski definition) is 1. The molecular formula is C12H14ClIO. The van der Waals surface area contributed by atoms with E-state index in [2.05, 4.69) is 28.7 Å². The zero-order valence-electron chi connectivity index (χ0n) is 8.46. The van der Waals surface area contributed by atoms with Crippen molar-refractivity contribution in [1.82, 2.24) is 0 Å². The van der Waals surface area contributed by atoms with Crippen molar-refractivity contribution in [3.05, 3.63) is 34.9 Å². The molecule has 1 atom stereocenters. The SMILES string of the molecule is Clc1cccc(C(CI)OCC2CC2)c1. The van der Waals surface area contributed by atoms with Gasteiger partial charge in [-0.3, -0.25) is 0 Å². The summed E-state index contributed by atoms with van der Waals surface area (Å²) in [6.07, 6.45) is 2.87. The van der Waals surface area contributed by atoms with Gasteiger partial charge in [-0.05, 0) is 36.5 Å². The molecule has 0 heterocycles. The van der Waals surface area contributed by atoms with Crippen molar-refractivity contribution in [2.45, 2.75) is 18.9 Å². The molecule has 15 heavy (non-hydrogen) atoms. The molecule has 1 unspecified atom stereocenters. The van der Waals surface area contributed by atoms with Crippen LogP contribution in [-0.4, -0.2) is 11.0 Å². The van der Waals surface area contributed by atoms with Gasteiger partial charge < -0.3 is 4.74 Å². The molecule has 1 aliphatic carbocycles. The van der Waals surface area contributed by atoms with Gasteiger partial charge in [0, 0.05) is 9.45 Å². The van der Waals surface area contributed by atoms with Gasteiger partial charge in [0.15, 0.2) is 0 Å². The molecule has 0 amide bonds. The highest BCUT2D eigenvalue weighted by atomic mass is 127. The summed E-state index contributed by atoms with van der Waals surface area (Å²) >= 11 is 8.33. The summed E-state index contributed by atoms with van der Waals surface area (Å²) in [4.78, 5) is 0. The molecule has 1 aliphatic rings. The smallest absolute Gasteiger partial charge is 0.0914 e. The van der Waals surface area contributed by atoms with Crippen LogP contribution in [0.25, 0.3) is 0 Å². The summed E-state index contributed by atoms with van der Waals surface area (Å²) in [6.45, 7) is 0.903. The van der Waals surface area contributed by atoms with Gasteiger partial charge in [-0.2, -0.15) is 0 Å². The molecule has 3 heteroatoms. The number of halogens is 2. The van der Waals surface area contributed by atoms with E-state index >= 15 is 0 Å². The van der Waals surface area contributed by atoms with Crippen LogP contribution in [0.1, 0.15) is 24.5 Å². The molecule has 0 saturated heterocycles. The average molecular weight is 337 g/mol. The van der Waals surface area contributed by atoms with Gasteiger partial charge in [0.2, 0.25) is 0 Å². The van der Waals surface area contributed by atoms with E-state index in [1.165, 1.54) is 18.4 Å². The Kier molecular flexibility index (Phi) is 4.29. The zero-order valence-corrected chi connectivity index (χ0v) is 11.4. The van der Waals surface area contributed by atoms with E-state index in [9.17, 15) is 0 Å². The summed E-state index contributed by atoms with van der Waals surface area (Å²) in [5.74, 6) is 0.814. The fourth-order valence-electron chi connectivity index (χ4n) is 1.47. The summed E-state index contributed by atoms with van der Waals surface area (Å²) in [5, 5.41) is 0.789. The van der Waals surface area contributed by atoms with Crippen molar-refractivity contribution in [2.24, 2.45) is 5.92 Å². The Labute approximate surface area is 109 Å². The number of ether oxygens (including phenoxy) is 1. The maximum Gasteiger partial charge on any atom is 0.0914 e. The van der Waals surface area contributed by atoms with Gasteiger partial charge in [0.05, 0.1) is 12.7 Å². The Balaban J connectivity index is 1.97. The first-order valence-corrected chi connectivity index (χ1v) is 7.13. The predicted octanol–water partition coefficient (Wildman–Crippen LogP) is 4.24. The lowest BCUT2D eigenvalue weighted by molar-refractivity contribution is 0.0630. The van der Waals surface area contributed by atoms with Crippen molar-refractivity contribution in [3.8, 4) is 0 Å². The first-order valence-electron chi connectivity index (χ1n) is 5.22. The molecule has 0 bridgehead atoms. The van der Waals surface area contributed by atoms with Crippen molar-refractivity contribution >= 4 is 34.2 Å². The maximum atomic E-state index is 5.96. The molecule has 1 aromatic carbocycles. The van der Waals surface area contributed by atoms with E-state index < -0.39 is 0 Å². The van der Waals surface area contributed by atoms with Crippen molar-refractivity contribution in [3.63, 3.8) is 0 Å². The first-order chi connectivity index (χ1) is 7.29. The number of benzene rings is 1. The molecule has 1 saturated carbocycles. The Morgan fingerprint density at radius 1 is 1.47 bits per heavy atom. The summed E-state index contributed by atoms with van der Waals surface area (Å²) < 4.78 is 6.87. The summed E-state index contributed by atoms with van der Waals surface area (Å²) in [6, 6.07) is 7.97. The highest BCUT2D eigenvalue weighted by Crippen LogP contribution is 2.32. The fraction of sp³-hybridized carbons (Fsp3) is 0.500. The van der Waals surface area contributed by atoms with E-state index in [-0.39, 0.29) is 6.10 Å². The maximum absolute atomic E-state index is 5.96. The Morgan fingerprint density at radius 2 is 2.27 bits per heavy atom. The van der Waals surface area contributed by atoms with Gasteiger partial charge in [-0.1, -0.05) is 46.3 Å². The van der Waals surface area contributed by atoms with E-state index in [4.69, 9.17) is 16.3 Å². The lowest BCUT2D eigenvalue weighted by atomic mass is 10.1. The molecule has 0 N–H and O–H groups in total. The molecule has 0 aliphatic heterocycles. The number of rotatable bonds is 5. The van der Waals surface area contributed by atoms with E-state index in [0.717, 1.165) is 22.0 Å². The van der Waals surface area contributed by atoms with Gasteiger partial charge in [-0.25, -0.2) is 0 Å². The van der Waals surface area contributed by atoms with E-state index in [1.54, 1.807) is 0 Å². The zero-order chi connectivity index (χ0) is 10.7. The standard InChI is InChI=1S/C12H14ClIO/c13-11-3-1-2-10(6-11)12(7-14)15-8-9-4-5-9/h1-3,6,9,12H,4-5,7-8H2. The van der Waals surface area contributed by atoms with Crippen molar-refractivity contribution in [2.75, 3.05) is 11.0 Å². The van der Waals surface area contributed by atoms with Gasteiger partial charge in [0.25, 0.3) is 0 Å². The van der Waals surface area contributed by atoms with Crippen molar-refractivity contribution in [1.29, 1.82) is 0 Å². The van der Waals surface area contributed by atoms with Crippen LogP contribution in [-0.2, 0) is 4.74 Å². The highest BCUT2D eigenvalue weighted by Gasteiger charge is 2.23. The second-order valence-corrected chi connectivity index (χ2v) is 5.29. The van der Waals surface area contributed by atoms with Gasteiger partial charge in [-0.15, -0.1) is 0 Å². The third-order valence-electron chi connectivity index (χ3n) is 2.59. The van der Waals surface area contributed by atoms with Crippen LogP contribution in [0.3, 0.4) is 0 Å². The minimum atomic E-state index is 0.199. The van der Waals surface area contributed by atoms with Crippen LogP contribution in [0, 0.1) is 5.92 Å². The largest absolute Gasteiger partial charge is 0.372 e.